The molecule has 6 nitrogen and oxygen atoms in total. The molecule has 0 saturated carbocycles. The molecule has 0 spiro atoms. The highest BCUT2D eigenvalue weighted by Crippen LogP contribution is 2.28. The number of carbonyl (C=O) groups excluding carboxylic acids is 1. The second-order valence-corrected chi connectivity index (χ2v) is 9.18. The third kappa shape index (κ3) is 4.88. The molecule has 3 aromatic rings. The van der Waals surface area contributed by atoms with Crippen molar-refractivity contribution in [2.24, 2.45) is 0 Å². The first-order valence-corrected chi connectivity index (χ1v) is 11.7. The monoisotopic (exact) mass is 436 g/mol. The van der Waals surface area contributed by atoms with E-state index < -0.39 is 10.0 Å². The number of sulfonamides is 1. The summed E-state index contributed by atoms with van der Waals surface area (Å²) in [5.41, 5.74) is 0.414. The van der Waals surface area contributed by atoms with E-state index in [9.17, 15) is 13.2 Å². The van der Waals surface area contributed by atoms with Crippen LogP contribution < -0.4 is 9.04 Å². The summed E-state index contributed by atoms with van der Waals surface area (Å²) in [6.07, 6.45) is 1.89. The minimum atomic E-state index is -3.91. The Balaban J connectivity index is 1.62. The number of hydrogen-bond donors (Lipinski definition) is 0. The van der Waals surface area contributed by atoms with E-state index in [0.29, 0.717) is 30.3 Å². The molecule has 1 saturated heterocycles. The van der Waals surface area contributed by atoms with Crippen molar-refractivity contribution in [1.82, 2.24) is 4.90 Å². The van der Waals surface area contributed by atoms with Crippen molar-refractivity contribution in [3.05, 3.63) is 84.9 Å². The van der Waals surface area contributed by atoms with Crippen LogP contribution in [0.25, 0.3) is 0 Å². The van der Waals surface area contributed by atoms with Gasteiger partial charge in [-0.2, -0.15) is 0 Å². The van der Waals surface area contributed by atoms with E-state index in [-0.39, 0.29) is 17.3 Å². The van der Waals surface area contributed by atoms with E-state index in [1.54, 1.807) is 47.4 Å². The summed E-state index contributed by atoms with van der Waals surface area (Å²) in [5.74, 6) is 1.08. The van der Waals surface area contributed by atoms with Crippen LogP contribution in [-0.4, -0.2) is 38.9 Å². The van der Waals surface area contributed by atoms with Crippen LogP contribution in [0, 0.1) is 0 Å². The van der Waals surface area contributed by atoms with Crippen LogP contribution >= 0.6 is 0 Å². The van der Waals surface area contributed by atoms with Crippen LogP contribution in [0.15, 0.2) is 89.8 Å². The Kier molecular flexibility index (Phi) is 6.23. The molecule has 0 atom stereocenters. The number of hydrogen-bond acceptors (Lipinski definition) is 4. The molecule has 0 aliphatic carbocycles. The first-order chi connectivity index (χ1) is 15.0. The Bertz CT molecular complexity index is 1110. The fourth-order valence-corrected chi connectivity index (χ4v) is 4.96. The molecule has 1 amide bonds. The summed E-state index contributed by atoms with van der Waals surface area (Å²) >= 11 is 0. The molecule has 0 aromatic heterocycles. The lowest BCUT2D eigenvalue weighted by Crippen LogP contribution is -2.42. The highest BCUT2D eigenvalue weighted by Gasteiger charge is 2.29. The Morgan fingerprint density at radius 1 is 0.806 bits per heavy atom. The van der Waals surface area contributed by atoms with Gasteiger partial charge in [0.15, 0.2) is 0 Å². The predicted molar refractivity (Wildman–Crippen MR) is 120 cm³/mol. The van der Waals surface area contributed by atoms with Gasteiger partial charge in [0.25, 0.3) is 10.0 Å². The fourth-order valence-electron chi connectivity index (χ4n) is 3.53. The van der Waals surface area contributed by atoms with Gasteiger partial charge in [-0.1, -0.05) is 36.4 Å². The SMILES string of the molecule is O=C(CN(c1ccc(Oc2ccccc2)cc1)S(=O)(=O)c1ccccc1)N1CCCC1. The number of anilines is 1. The van der Waals surface area contributed by atoms with Gasteiger partial charge in [-0.15, -0.1) is 0 Å². The summed E-state index contributed by atoms with van der Waals surface area (Å²) in [4.78, 5) is 14.7. The zero-order valence-electron chi connectivity index (χ0n) is 17.1. The summed E-state index contributed by atoms with van der Waals surface area (Å²) in [6.45, 7) is 1.10. The normalized spacial score (nSPS) is 13.7. The number of amides is 1. The summed E-state index contributed by atoms with van der Waals surface area (Å²) in [6, 6.07) is 24.2. The van der Waals surface area contributed by atoms with E-state index in [2.05, 4.69) is 0 Å². The molecule has 1 heterocycles. The molecule has 3 aromatic carbocycles. The van der Waals surface area contributed by atoms with Gasteiger partial charge in [-0.05, 0) is 61.4 Å². The number of para-hydroxylation sites is 1. The van der Waals surface area contributed by atoms with Crippen molar-refractivity contribution in [2.45, 2.75) is 17.7 Å². The maximum Gasteiger partial charge on any atom is 0.264 e. The lowest BCUT2D eigenvalue weighted by molar-refractivity contribution is -0.128. The minimum absolute atomic E-state index is 0.147. The number of carbonyl (C=O) groups is 1. The van der Waals surface area contributed by atoms with Crippen LogP contribution in [0.2, 0.25) is 0 Å². The van der Waals surface area contributed by atoms with E-state index in [0.717, 1.165) is 12.8 Å². The molecule has 1 fully saturated rings. The Labute approximate surface area is 182 Å². The molecular weight excluding hydrogens is 412 g/mol. The highest BCUT2D eigenvalue weighted by molar-refractivity contribution is 7.92. The Hall–Kier alpha value is -3.32. The standard InChI is InChI=1S/C24H24N2O4S/c27-24(25-17-7-8-18-25)19-26(31(28,29)23-11-5-2-6-12-23)20-13-15-22(16-14-20)30-21-9-3-1-4-10-21/h1-6,9-16H,7-8,17-19H2. The van der Waals surface area contributed by atoms with Crippen molar-refractivity contribution < 1.29 is 17.9 Å². The van der Waals surface area contributed by atoms with Gasteiger partial charge in [0, 0.05) is 13.1 Å². The maximum atomic E-state index is 13.4. The zero-order valence-corrected chi connectivity index (χ0v) is 17.9. The molecule has 0 bridgehead atoms. The van der Waals surface area contributed by atoms with Crippen molar-refractivity contribution in [2.75, 3.05) is 23.9 Å². The molecule has 1 aliphatic rings. The predicted octanol–water partition coefficient (Wildman–Crippen LogP) is 4.30. The molecule has 0 unspecified atom stereocenters. The average Bonchev–Trinajstić information content (AvgIpc) is 3.34. The van der Waals surface area contributed by atoms with Gasteiger partial charge in [0.2, 0.25) is 5.91 Å². The number of likely N-dealkylation sites (tertiary alicyclic amines) is 1. The van der Waals surface area contributed by atoms with Crippen LogP contribution in [0.1, 0.15) is 12.8 Å². The largest absolute Gasteiger partial charge is 0.457 e. The number of ether oxygens (including phenoxy) is 1. The molecule has 160 valence electrons. The van der Waals surface area contributed by atoms with Gasteiger partial charge in [0.1, 0.15) is 18.0 Å². The smallest absolute Gasteiger partial charge is 0.264 e. The summed E-state index contributed by atoms with van der Waals surface area (Å²) in [5, 5.41) is 0. The van der Waals surface area contributed by atoms with Crippen molar-refractivity contribution in [3.63, 3.8) is 0 Å². The summed E-state index contributed by atoms with van der Waals surface area (Å²) in [7, 11) is -3.91. The fraction of sp³-hybridized carbons (Fsp3) is 0.208. The molecule has 31 heavy (non-hydrogen) atoms. The molecule has 0 radical (unpaired) electrons. The first-order valence-electron chi connectivity index (χ1n) is 10.2. The number of benzene rings is 3. The molecular formula is C24H24N2O4S. The van der Waals surface area contributed by atoms with Gasteiger partial charge >= 0.3 is 0 Å². The highest BCUT2D eigenvalue weighted by atomic mass is 32.2. The van der Waals surface area contributed by atoms with Crippen LogP contribution in [0.4, 0.5) is 5.69 Å². The second-order valence-electron chi connectivity index (χ2n) is 7.32. The van der Waals surface area contributed by atoms with Gasteiger partial charge in [-0.3, -0.25) is 9.10 Å². The van der Waals surface area contributed by atoms with Crippen molar-refractivity contribution in [1.29, 1.82) is 0 Å². The van der Waals surface area contributed by atoms with E-state index in [1.165, 1.54) is 16.4 Å². The topological polar surface area (TPSA) is 66.9 Å². The molecule has 0 N–H and O–H groups in total. The number of rotatable bonds is 7. The third-order valence-electron chi connectivity index (χ3n) is 5.17. The third-order valence-corrected chi connectivity index (χ3v) is 6.96. The second kappa shape index (κ2) is 9.22. The Morgan fingerprint density at radius 3 is 1.97 bits per heavy atom. The van der Waals surface area contributed by atoms with Crippen LogP contribution in [-0.2, 0) is 14.8 Å². The average molecular weight is 437 g/mol. The van der Waals surface area contributed by atoms with Crippen LogP contribution in [0.3, 0.4) is 0 Å². The van der Waals surface area contributed by atoms with E-state index in [1.807, 2.05) is 30.3 Å². The lowest BCUT2D eigenvalue weighted by Gasteiger charge is -2.26. The van der Waals surface area contributed by atoms with Gasteiger partial charge in [0.05, 0.1) is 10.6 Å². The maximum absolute atomic E-state index is 13.4. The lowest BCUT2D eigenvalue weighted by atomic mass is 10.3. The Morgan fingerprint density at radius 2 is 1.35 bits per heavy atom. The molecule has 4 rings (SSSR count). The molecule has 7 heteroatoms. The van der Waals surface area contributed by atoms with E-state index in [4.69, 9.17) is 4.74 Å². The van der Waals surface area contributed by atoms with Crippen LogP contribution in [0.5, 0.6) is 11.5 Å². The summed E-state index contributed by atoms with van der Waals surface area (Å²) < 4.78 is 33.7. The van der Waals surface area contributed by atoms with Crippen molar-refractivity contribution in [3.8, 4) is 11.5 Å². The van der Waals surface area contributed by atoms with Crippen molar-refractivity contribution >= 4 is 21.6 Å². The zero-order chi connectivity index (χ0) is 21.7. The van der Waals surface area contributed by atoms with E-state index >= 15 is 0 Å². The quantitative estimate of drug-likeness (QED) is 0.554. The first kappa shape index (κ1) is 20.9. The minimum Gasteiger partial charge on any atom is -0.457 e. The van der Waals surface area contributed by atoms with Gasteiger partial charge < -0.3 is 9.64 Å². The number of nitrogens with zero attached hydrogens (tertiary/aromatic N) is 2. The molecule has 1 aliphatic heterocycles. The van der Waals surface area contributed by atoms with Gasteiger partial charge in [-0.25, -0.2) is 8.42 Å².